The monoisotopic (exact) mass is 310 g/mol. The van der Waals surface area contributed by atoms with E-state index in [1.807, 2.05) is 0 Å². The second-order valence-corrected chi connectivity index (χ2v) is 4.79. The average molecular weight is 311 g/mol. The van der Waals surface area contributed by atoms with Crippen LogP contribution in [0.15, 0.2) is 28.8 Å². The highest BCUT2D eigenvalue weighted by molar-refractivity contribution is 6.30. The third-order valence-electron chi connectivity index (χ3n) is 2.73. The maximum Gasteiger partial charge on any atom is 0.315 e. The van der Waals surface area contributed by atoms with Crippen LogP contribution in [0.25, 0.3) is 0 Å². The second kappa shape index (κ2) is 7.05. The van der Waals surface area contributed by atoms with Crippen molar-refractivity contribution in [1.29, 1.82) is 0 Å². The quantitative estimate of drug-likeness (QED) is 0.778. The van der Waals surface area contributed by atoms with Crippen LogP contribution in [0.1, 0.15) is 23.3 Å². The van der Waals surface area contributed by atoms with E-state index in [-0.39, 0.29) is 13.2 Å². The predicted octanol–water partition coefficient (Wildman–Crippen LogP) is 1.56. The minimum absolute atomic E-state index is 0.117. The van der Waals surface area contributed by atoms with Gasteiger partial charge >= 0.3 is 6.03 Å². The Morgan fingerprint density at radius 3 is 2.71 bits per heavy atom. The van der Waals surface area contributed by atoms with Crippen molar-refractivity contribution in [3.63, 3.8) is 0 Å². The molecule has 2 aromatic rings. The summed E-state index contributed by atoms with van der Waals surface area (Å²) in [5.74, 6) is 0.816. The summed E-state index contributed by atoms with van der Waals surface area (Å²) in [5.41, 5.74) is 0.755. The number of benzene rings is 1. The van der Waals surface area contributed by atoms with Gasteiger partial charge in [0.2, 0.25) is 5.89 Å². The lowest BCUT2D eigenvalue weighted by molar-refractivity contribution is 0.215. The standard InChI is InChI=1S/C13H15ClN4O3/c1-8-16-12(21-18-8)6-15-13(20)17-11(7-19)9-2-4-10(14)5-3-9/h2-5,11,19H,6-7H2,1H3,(H2,15,17,20). The highest BCUT2D eigenvalue weighted by atomic mass is 35.5. The molecule has 0 saturated heterocycles. The Morgan fingerprint density at radius 1 is 1.43 bits per heavy atom. The first-order valence-electron chi connectivity index (χ1n) is 6.28. The van der Waals surface area contributed by atoms with Crippen LogP contribution in [0, 0.1) is 6.92 Å². The van der Waals surface area contributed by atoms with Gasteiger partial charge in [-0.1, -0.05) is 28.9 Å². The lowest BCUT2D eigenvalue weighted by Gasteiger charge is -2.16. The molecule has 0 aliphatic carbocycles. The van der Waals surface area contributed by atoms with Gasteiger partial charge in [-0.3, -0.25) is 0 Å². The van der Waals surface area contributed by atoms with Crippen molar-refractivity contribution >= 4 is 17.6 Å². The van der Waals surface area contributed by atoms with Crippen LogP contribution in [0.3, 0.4) is 0 Å². The molecular weight excluding hydrogens is 296 g/mol. The summed E-state index contributed by atoms with van der Waals surface area (Å²) in [6.07, 6.45) is 0. The molecule has 3 N–H and O–H groups in total. The molecule has 8 heteroatoms. The Balaban J connectivity index is 1.89. The third-order valence-corrected chi connectivity index (χ3v) is 2.98. The predicted molar refractivity (Wildman–Crippen MR) is 75.7 cm³/mol. The summed E-state index contributed by atoms with van der Waals surface area (Å²) < 4.78 is 4.88. The number of hydrogen-bond acceptors (Lipinski definition) is 5. The second-order valence-electron chi connectivity index (χ2n) is 4.35. The van der Waals surface area contributed by atoms with Crippen LogP contribution in [-0.4, -0.2) is 27.9 Å². The van der Waals surface area contributed by atoms with Gasteiger partial charge in [0.25, 0.3) is 0 Å². The summed E-state index contributed by atoms with van der Waals surface area (Å²) in [4.78, 5) is 15.7. The molecule has 1 atom stereocenters. The third kappa shape index (κ3) is 4.44. The van der Waals surface area contributed by atoms with Crippen molar-refractivity contribution in [1.82, 2.24) is 20.8 Å². The van der Waals surface area contributed by atoms with Gasteiger partial charge in [-0.15, -0.1) is 0 Å². The van der Waals surface area contributed by atoms with E-state index in [4.69, 9.17) is 16.1 Å². The zero-order valence-electron chi connectivity index (χ0n) is 11.3. The van der Waals surface area contributed by atoms with E-state index >= 15 is 0 Å². The molecule has 112 valence electrons. The van der Waals surface area contributed by atoms with Crippen molar-refractivity contribution in [3.8, 4) is 0 Å². The molecule has 1 unspecified atom stereocenters. The van der Waals surface area contributed by atoms with Gasteiger partial charge in [-0.05, 0) is 24.6 Å². The Hall–Kier alpha value is -2.12. The summed E-state index contributed by atoms with van der Waals surface area (Å²) in [6, 6.07) is 5.91. The van der Waals surface area contributed by atoms with Gasteiger partial charge in [-0.25, -0.2) is 4.79 Å². The average Bonchev–Trinajstić information content (AvgIpc) is 2.89. The van der Waals surface area contributed by atoms with E-state index in [9.17, 15) is 9.90 Å². The molecule has 0 aliphatic heterocycles. The fourth-order valence-corrected chi connectivity index (χ4v) is 1.83. The lowest BCUT2D eigenvalue weighted by Crippen LogP contribution is -2.38. The summed E-state index contributed by atoms with van der Waals surface area (Å²) in [6.45, 7) is 1.58. The molecule has 1 aromatic carbocycles. The van der Waals surface area contributed by atoms with Gasteiger partial charge in [0.05, 0.1) is 19.2 Å². The van der Waals surface area contributed by atoms with Crippen LogP contribution >= 0.6 is 11.6 Å². The number of rotatable bonds is 5. The molecule has 0 aliphatic rings. The number of urea groups is 1. The highest BCUT2D eigenvalue weighted by Gasteiger charge is 2.14. The van der Waals surface area contributed by atoms with Crippen LogP contribution in [0.5, 0.6) is 0 Å². The summed E-state index contributed by atoms with van der Waals surface area (Å²) in [7, 11) is 0. The van der Waals surface area contributed by atoms with Crippen LogP contribution in [0.4, 0.5) is 4.79 Å². The molecule has 0 radical (unpaired) electrons. The van der Waals surface area contributed by atoms with Gasteiger partial charge in [0.15, 0.2) is 5.82 Å². The number of aromatic nitrogens is 2. The van der Waals surface area contributed by atoms with E-state index in [1.165, 1.54) is 0 Å². The van der Waals surface area contributed by atoms with Gasteiger partial charge in [0, 0.05) is 5.02 Å². The molecule has 1 aromatic heterocycles. The number of amides is 2. The highest BCUT2D eigenvalue weighted by Crippen LogP contribution is 2.16. The molecule has 0 fully saturated rings. The largest absolute Gasteiger partial charge is 0.394 e. The molecule has 2 rings (SSSR count). The zero-order chi connectivity index (χ0) is 15.2. The molecule has 2 amide bonds. The Kier molecular flexibility index (Phi) is 5.13. The van der Waals surface area contributed by atoms with E-state index in [1.54, 1.807) is 31.2 Å². The number of hydrogen-bond donors (Lipinski definition) is 3. The number of carbonyl (C=O) groups excluding carboxylic acids is 1. The van der Waals surface area contributed by atoms with Crippen molar-refractivity contribution in [2.75, 3.05) is 6.61 Å². The van der Waals surface area contributed by atoms with Crippen LogP contribution in [-0.2, 0) is 6.54 Å². The van der Waals surface area contributed by atoms with Gasteiger partial charge in [-0.2, -0.15) is 4.98 Å². The molecule has 7 nitrogen and oxygen atoms in total. The fourth-order valence-electron chi connectivity index (χ4n) is 1.71. The Morgan fingerprint density at radius 2 is 2.14 bits per heavy atom. The molecule has 0 spiro atoms. The van der Waals surface area contributed by atoms with E-state index in [2.05, 4.69) is 20.8 Å². The van der Waals surface area contributed by atoms with Gasteiger partial charge < -0.3 is 20.3 Å². The molecular formula is C13H15ClN4O3. The Labute approximate surface area is 126 Å². The van der Waals surface area contributed by atoms with Crippen molar-refractivity contribution in [2.24, 2.45) is 0 Å². The maximum absolute atomic E-state index is 11.8. The smallest absolute Gasteiger partial charge is 0.315 e. The number of halogens is 1. The van der Waals surface area contributed by atoms with Gasteiger partial charge in [0.1, 0.15) is 0 Å². The SMILES string of the molecule is Cc1noc(CNC(=O)NC(CO)c2ccc(Cl)cc2)n1. The first-order chi connectivity index (χ1) is 10.1. The van der Waals surface area contributed by atoms with E-state index in [0.717, 1.165) is 5.56 Å². The van der Waals surface area contributed by atoms with Crippen molar-refractivity contribution < 1.29 is 14.4 Å². The van der Waals surface area contributed by atoms with Crippen molar-refractivity contribution in [3.05, 3.63) is 46.6 Å². The fraction of sp³-hybridized carbons (Fsp3) is 0.308. The van der Waals surface area contributed by atoms with Crippen LogP contribution < -0.4 is 10.6 Å². The number of nitrogens with one attached hydrogen (secondary N) is 2. The maximum atomic E-state index is 11.8. The minimum Gasteiger partial charge on any atom is -0.394 e. The first kappa shape index (κ1) is 15.3. The van der Waals surface area contributed by atoms with E-state index < -0.39 is 12.1 Å². The summed E-state index contributed by atoms with van der Waals surface area (Å²) >= 11 is 5.80. The summed E-state index contributed by atoms with van der Waals surface area (Å²) in [5, 5.41) is 18.8. The topological polar surface area (TPSA) is 100 Å². The van der Waals surface area contributed by atoms with Crippen molar-refractivity contribution in [2.45, 2.75) is 19.5 Å². The Bertz CT molecular complexity index is 600. The molecule has 0 saturated carbocycles. The molecule has 0 bridgehead atoms. The minimum atomic E-state index is -0.522. The number of aliphatic hydroxyl groups excluding tert-OH is 1. The normalized spacial score (nSPS) is 12.0. The number of carbonyl (C=O) groups is 1. The number of nitrogens with zero attached hydrogens (tertiary/aromatic N) is 2. The number of aryl methyl sites for hydroxylation is 1. The zero-order valence-corrected chi connectivity index (χ0v) is 12.1. The molecule has 1 heterocycles. The van der Waals surface area contributed by atoms with Crippen LogP contribution in [0.2, 0.25) is 5.02 Å². The molecule has 21 heavy (non-hydrogen) atoms. The first-order valence-corrected chi connectivity index (χ1v) is 6.66. The lowest BCUT2D eigenvalue weighted by atomic mass is 10.1. The number of aliphatic hydroxyl groups is 1. The van der Waals surface area contributed by atoms with E-state index in [0.29, 0.717) is 16.7 Å².